The van der Waals surface area contributed by atoms with Crippen LogP contribution in [0, 0.1) is 11.5 Å². The average molecular weight is 351 g/mol. The van der Waals surface area contributed by atoms with Crippen molar-refractivity contribution in [3.8, 4) is 11.5 Å². The van der Waals surface area contributed by atoms with E-state index in [4.69, 9.17) is 4.43 Å². The summed E-state index contributed by atoms with van der Waals surface area (Å²) in [6.45, 7) is 11.2. The first kappa shape index (κ1) is 18.5. The van der Waals surface area contributed by atoms with Gasteiger partial charge in [0.2, 0.25) is 0 Å². The third-order valence-corrected chi connectivity index (χ3v) is 8.73. The van der Waals surface area contributed by atoms with Gasteiger partial charge in [0.15, 0.2) is 0 Å². The highest BCUT2D eigenvalue weighted by molar-refractivity contribution is 6.97. The molecular formula is C21H26OSi2. The van der Waals surface area contributed by atoms with E-state index in [1.54, 1.807) is 0 Å². The minimum Gasteiger partial charge on any atom is -0.397 e. The number of hydrogen-bond donors (Lipinski definition) is 0. The lowest BCUT2D eigenvalue weighted by Gasteiger charge is -2.31. The Hall–Kier alpha value is -1.87. The fraction of sp³-hybridized carbons (Fsp3) is 0.238. The van der Waals surface area contributed by atoms with Gasteiger partial charge in [0.05, 0.1) is 6.61 Å². The van der Waals surface area contributed by atoms with Crippen molar-refractivity contribution < 1.29 is 4.43 Å². The lowest BCUT2D eigenvalue weighted by molar-refractivity contribution is 0.372. The van der Waals surface area contributed by atoms with E-state index in [2.05, 4.69) is 86.2 Å². The molecule has 2 rings (SSSR count). The zero-order valence-electron chi connectivity index (χ0n) is 14.9. The van der Waals surface area contributed by atoms with Crippen LogP contribution in [-0.4, -0.2) is 23.0 Å². The molecule has 1 nitrogen and oxygen atoms in total. The van der Waals surface area contributed by atoms with Gasteiger partial charge in [-0.25, -0.2) is 0 Å². The van der Waals surface area contributed by atoms with E-state index >= 15 is 0 Å². The van der Waals surface area contributed by atoms with Gasteiger partial charge in [-0.3, -0.25) is 0 Å². The van der Waals surface area contributed by atoms with Crippen LogP contribution in [-0.2, 0) is 4.43 Å². The first-order valence-electron chi connectivity index (χ1n) is 8.34. The summed E-state index contributed by atoms with van der Waals surface area (Å²) in [6, 6.07) is 22.0. The smallest absolute Gasteiger partial charge is 0.260 e. The summed E-state index contributed by atoms with van der Waals surface area (Å²) in [5.41, 5.74) is 3.40. The number of rotatable bonds is 6. The van der Waals surface area contributed by atoms with E-state index in [9.17, 15) is 0 Å². The molecule has 2 aromatic rings. The molecule has 0 N–H and O–H groups in total. The molecule has 0 spiro atoms. The lowest BCUT2D eigenvalue weighted by atomic mass is 10.4. The van der Waals surface area contributed by atoms with Crippen LogP contribution in [0.3, 0.4) is 0 Å². The van der Waals surface area contributed by atoms with Gasteiger partial charge in [0.25, 0.3) is 8.32 Å². The highest BCUT2D eigenvalue weighted by Crippen LogP contribution is 2.14. The Balaban J connectivity index is 2.43. The summed E-state index contributed by atoms with van der Waals surface area (Å²) in [7, 11) is -3.73. The fourth-order valence-corrected chi connectivity index (χ4v) is 6.75. The largest absolute Gasteiger partial charge is 0.397 e. The zero-order chi connectivity index (χ0) is 17.5. The van der Waals surface area contributed by atoms with Crippen LogP contribution in [0.1, 0.15) is 0 Å². The second kappa shape index (κ2) is 8.30. The van der Waals surface area contributed by atoms with Crippen molar-refractivity contribution in [3.05, 3.63) is 73.3 Å². The van der Waals surface area contributed by atoms with Gasteiger partial charge in [-0.15, -0.1) is 12.1 Å². The van der Waals surface area contributed by atoms with Crippen LogP contribution in [0.25, 0.3) is 0 Å². The standard InChI is InChI=1S/C21H26OSi2/c1-5-18-24(20-13-8-6-9-14-20,21-15-10-7-11-16-21)22-17-12-19-23(2,3)4/h5-11,13-16H,1,17-18H2,2-4H3. The van der Waals surface area contributed by atoms with Crippen LogP contribution in [0.2, 0.25) is 25.7 Å². The fourth-order valence-electron chi connectivity index (χ4n) is 2.71. The molecule has 0 aliphatic rings. The van der Waals surface area contributed by atoms with E-state index in [0.29, 0.717) is 6.61 Å². The topological polar surface area (TPSA) is 9.23 Å². The van der Waals surface area contributed by atoms with E-state index in [-0.39, 0.29) is 0 Å². The maximum absolute atomic E-state index is 6.55. The molecule has 3 heteroatoms. The van der Waals surface area contributed by atoms with Gasteiger partial charge in [0.1, 0.15) is 8.07 Å². The third kappa shape index (κ3) is 4.81. The first-order valence-corrected chi connectivity index (χ1v) is 14.0. The van der Waals surface area contributed by atoms with E-state index in [0.717, 1.165) is 6.04 Å². The Morgan fingerprint density at radius 2 is 1.42 bits per heavy atom. The molecule has 0 aliphatic heterocycles. The van der Waals surface area contributed by atoms with Crippen molar-refractivity contribution in [2.45, 2.75) is 25.7 Å². The maximum atomic E-state index is 6.55. The Morgan fingerprint density at radius 3 is 1.83 bits per heavy atom. The second-order valence-corrected chi connectivity index (χ2v) is 15.1. The Morgan fingerprint density at radius 1 is 0.917 bits per heavy atom. The molecule has 124 valence electrons. The summed E-state index contributed by atoms with van der Waals surface area (Å²) in [4.78, 5) is 0. The minimum absolute atomic E-state index is 0.480. The molecule has 0 radical (unpaired) electrons. The van der Waals surface area contributed by atoms with E-state index < -0.39 is 16.4 Å². The van der Waals surface area contributed by atoms with Gasteiger partial charge in [-0.2, -0.15) is 0 Å². The van der Waals surface area contributed by atoms with Crippen molar-refractivity contribution in [1.29, 1.82) is 0 Å². The Kier molecular flexibility index (Phi) is 6.39. The molecule has 0 unspecified atom stereocenters. The molecule has 0 aromatic heterocycles. The maximum Gasteiger partial charge on any atom is 0.260 e. The molecule has 0 saturated heterocycles. The highest BCUT2D eigenvalue weighted by atomic mass is 28.4. The van der Waals surface area contributed by atoms with Crippen LogP contribution in [0.5, 0.6) is 0 Å². The van der Waals surface area contributed by atoms with Crippen molar-refractivity contribution in [2.75, 3.05) is 6.61 Å². The Labute approximate surface area is 148 Å². The average Bonchev–Trinajstić information content (AvgIpc) is 2.58. The molecule has 0 aliphatic carbocycles. The van der Waals surface area contributed by atoms with Crippen LogP contribution in [0.15, 0.2) is 73.3 Å². The molecule has 0 atom stereocenters. The monoisotopic (exact) mass is 350 g/mol. The molecule has 0 bridgehead atoms. The number of hydrogen-bond acceptors (Lipinski definition) is 1. The summed E-state index contributed by atoms with van der Waals surface area (Å²) < 4.78 is 6.55. The predicted molar refractivity (Wildman–Crippen MR) is 110 cm³/mol. The minimum atomic E-state index is -2.35. The van der Waals surface area contributed by atoms with Crippen LogP contribution in [0.4, 0.5) is 0 Å². The lowest BCUT2D eigenvalue weighted by Crippen LogP contribution is -2.60. The van der Waals surface area contributed by atoms with E-state index in [1.165, 1.54) is 10.4 Å². The summed E-state index contributed by atoms with van der Waals surface area (Å²) >= 11 is 0. The zero-order valence-corrected chi connectivity index (χ0v) is 16.9. The molecule has 24 heavy (non-hydrogen) atoms. The molecule has 0 saturated carbocycles. The SMILES string of the molecule is C=CC[Si](OCC#C[Si](C)(C)C)(c1ccccc1)c1ccccc1. The molecule has 2 aromatic carbocycles. The summed E-state index contributed by atoms with van der Waals surface area (Å²) in [6.07, 6.45) is 1.98. The molecule has 0 heterocycles. The van der Waals surface area contributed by atoms with Crippen molar-refractivity contribution in [2.24, 2.45) is 0 Å². The first-order chi connectivity index (χ1) is 11.5. The normalized spacial score (nSPS) is 11.5. The second-order valence-electron chi connectivity index (χ2n) is 6.89. The third-order valence-electron chi connectivity index (χ3n) is 3.77. The predicted octanol–water partition coefficient (Wildman–Crippen LogP) is 3.83. The van der Waals surface area contributed by atoms with Gasteiger partial charge in [-0.05, 0) is 16.4 Å². The Bertz CT molecular complexity index is 667. The summed E-state index contributed by atoms with van der Waals surface area (Å²) in [5.74, 6) is 3.27. The highest BCUT2D eigenvalue weighted by Gasteiger charge is 2.38. The molecule has 0 amide bonds. The molecular weight excluding hydrogens is 324 g/mol. The van der Waals surface area contributed by atoms with Gasteiger partial charge in [0, 0.05) is 0 Å². The summed E-state index contributed by atoms with van der Waals surface area (Å²) in [5, 5.41) is 2.54. The van der Waals surface area contributed by atoms with Crippen molar-refractivity contribution in [3.63, 3.8) is 0 Å². The van der Waals surface area contributed by atoms with E-state index in [1.807, 2.05) is 18.2 Å². The van der Waals surface area contributed by atoms with Crippen LogP contribution >= 0.6 is 0 Å². The quantitative estimate of drug-likeness (QED) is 0.437. The number of allylic oxidation sites excluding steroid dienone is 1. The van der Waals surface area contributed by atoms with Gasteiger partial charge < -0.3 is 4.43 Å². The van der Waals surface area contributed by atoms with Gasteiger partial charge >= 0.3 is 0 Å². The number of benzene rings is 2. The van der Waals surface area contributed by atoms with Crippen molar-refractivity contribution >= 4 is 26.8 Å². The molecule has 0 fully saturated rings. The van der Waals surface area contributed by atoms with Crippen molar-refractivity contribution in [1.82, 2.24) is 0 Å². The van der Waals surface area contributed by atoms with Gasteiger partial charge in [-0.1, -0.05) is 92.3 Å². The van der Waals surface area contributed by atoms with Crippen LogP contribution < -0.4 is 10.4 Å².